The van der Waals surface area contributed by atoms with Crippen molar-refractivity contribution in [2.45, 2.75) is 52.5 Å². The molecule has 0 saturated heterocycles. The number of hydrogen-bond acceptors (Lipinski definition) is 1. The van der Waals surface area contributed by atoms with E-state index >= 15 is 0 Å². The number of rotatable bonds is 2. The minimum Gasteiger partial charge on any atom is -0.336 e. The van der Waals surface area contributed by atoms with Crippen LogP contribution >= 0.6 is 0 Å². The molecule has 0 saturated carbocycles. The molecule has 112 valence electrons. The van der Waals surface area contributed by atoms with E-state index in [1.165, 1.54) is 16.9 Å². The number of anilines is 2. The van der Waals surface area contributed by atoms with Crippen LogP contribution in [-0.4, -0.2) is 5.54 Å². The van der Waals surface area contributed by atoms with E-state index in [4.69, 9.17) is 0 Å². The fraction of sp³-hybridized carbons (Fsp3) is 0.400. The van der Waals surface area contributed by atoms with E-state index in [-0.39, 0.29) is 11.0 Å². The average molecular weight is 281 g/mol. The van der Waals surface area contributed by atoms with Crippen LogP contribution in [0.15, 0.2) is 54.6 Å². The van der Waals surface area contributed by atoms with Crippen molar-refractivity contribution in [2.75, 3.05) is 4.90 Å². The van der Waals surface area contributed by atoms with Gasteiger partial charge in [-0.25, -0.2) is 0 Å². The Morgan fingerprint density at radius 1 is 0.619 bits per heavy atom. The summed E-state index contributed by atoms with van der Waals surface area (Å²) in [4.78, 5) is 2.39. The maximum atomic E-state index is 2.39. The second-order valence-corrected chi connectivity index (χ2v) is 7.64. The van der Waals surface area contributed by atoms with Gasteiger partial charge in [0.2, 0.25) is 0 Å². The number of hydrogen-bond donors (Lipinski definition) is 0. The highest BCUT2D eigenvalue weighted by Crippen LogP contribution is 2.34. The SMILES string of the molecule is CC(C)(C)c1ccc(N(c2ccccc2)C(C)(C)C)cc1. The third-order valence-electron chi connectivity index (χ3n) is 3.68. The summed E-state index contributed by atoms with van der Waals surface area (Å²) in [6, 6.07) is 19.6. The Morgan fingerprint density at radius 2 is 1.10 bits per heavy atom. The van der Waals surface area contributed by atoms with Crippen LogP contribution in [0.5, 0.6) is 0 Å². The van der Waals surface area contributed by atoms with Gasteiger partial charge in [0, 0.05) is 16.9 Å². The molecule has 0 unspecified atom stereocenters. The highest BCUT2D eigenvalue weighted by atomic mass is 15.2. The molecule has 0 radical (unpaired) electrons. The molecule has 0 N–H and O–H groups in total. The van der Waals surface area contributed by atoms with Gasteiger partial charge >= 0.3 is 0 Å². The lowest BCUT2D eigenvalue weighted by atomic mass is 9.87. The van der Waals surface area contributed by atoms with Crippen molar-refractivity contribution in [3.63, 3.8) is 0 Å². The van der Waals surface area contributed by atoms with Gasteiger partial charge in [-0.3, -0.25) is 0 Å². The highest BCUT2D eigenvalue weighted by molar-refractivity contribution is 5.65. The van der Waals surface area contributed by atoms with E-state index in [2.05, 4.69) is 101 Å². The standard InChI is InChI=1S/C20H27N/c1-19(2,3)16-12-14-18(15-13-16)21(20(4,5)6)17-10-8-7-9-11-17/h7-15H,1-6H3. The lowest BCUT2D eigenvalue weighted by Crippen LogP contribution is -2.37. The molecule has 2 rings (SSSR count). The Kier molecular flexibility index (Phi) is 4.13. The largest absolute Gasteiger partial charge is 0.336 e. The molecular weight excluding hydrogens is 254 g/mol. The second-order valence-electron chi connectivity index (χ2n) is 7.64. The Labute approximate surface area is 129 Å². The van der Waals surface area contributed by atoms with Gasteiger partial charge in [-0.1, -0.05) is 51.1 Å². The molecule has 0 amide bonds. The van der Waals surface area contributed by atoms with E-state index in [0.717, 1.165) is 0 Å². The van der Waals surface area contributed by atoms with E-state index < -0.39 is 0 Å². The van der Waals surface area contributed by atoms with E-state index in [9.17, 15) is 0 Å². The molecule has 0 aliphatic carbocycles. The molecule has 1 nitrogen and oxygen atoms in total. The van der Waals surface area contributed by atoms with Gasteiger partial charge in [0.1, 0.15) is 0 Å². The van der Waals surface area contributed by atoms with Gasteiger partial charge in [0.25, 0.3) is 0 Å². The van der Waals surface area contributed by atoms with Crippen LogP contribution in [0.3, 0.4) is 0 Å². The van der Waals surface area contributed by atoms with Crippen LogP contribution in [-0.2, 0) is 5.41 Å². The van der Waals surface area contributed by atoms with Crippen LogP contribution in [0.25, 0.3) is 0 Å². The van der Waals surface area contributed by atoms with Crippen molar-refractivity contribution >= 4 is 11.4 Å². The molecule has 0 spiro atoms. The zero-order valence-electron chi connectivity index (χ0n) is 14.1. The smallest absolute Gasteiger partial charge is 0.0416 e. The summed E-state index contributed by atoms with van der Waals surface area (Å²) in [5.74, 6) is 0. The van der Waals surface area contributed by atoms with E-state index in [0.29, 0.717) is 0 Å². The number of benzene rings is 2. The topological polar surface area (TPSA) is 3.24 Å². The molecule has 1 heteroatoms. The Balaban J connectivity index is 2.44. The molecule has 0 aromatic heterocycles. The lowest BCUT2D eigenvalue weighted by molar-refractivity contribution is 0.559. The number of nitrogens with zero attached hydrogens (tertiary/aromatic N) is 1. The summed E-state index contributed by atoms with van der Waals surface area (Å²) in [6.45, 7) is 13.5. The van der Waals surface area contributed by atoms with Gasteiger partial charge in [-0.2, -0.15) is 0 Å². The zero-order valence-corrected chi connectivity index (χ0v) is 14.1. The maximum Gasteiger partial charge on any atom is 0.0416 e. The lowest BCUT2D eigenvalue weighted by Gasteiger charge is -2.38. The first-order valence-electron chi connectivity index (χ1n) is 7.65. The first kappa shape index (κ1) is 15.6. The van der Waals surface area contributed by atoms with Gasteiger partial charge in [0.15, 0.2) is 0 Å². The molecule has 21 heavy (non-hydrogen) atoms. The molecule has 2 aromatic carbocycles. The summed E-state index contributed by atoms with van der Waals surface area (Å²) in [5.41, 5.74) is 4.06. The predicted molar refractivity (Wildman–Crippen MR) is 93.5 cm³/mol. The minimum atomic E-state index is 0.0323. The van der Waals surface area contributed by atoms with Crippen molar-refractivity contribution in [1.82, 2.24) is 0 Å². The third kappa shape index (κ3) is 3.66. The zero-order chi connectivity index (χ0) is 15.7. The Hall–Kier alpha value is -1.76. The molecule has 0 atom stereocenters. The minimum absolute atomic E-state index is 0.0323. The van der Waals surface area contributed by atoms with Crippen LogP contribution in [0, 0.1) is 0 Å². The molecule has 2 aromatic rings. The summed E-state index contributed by atoms with van der Waals surface area (Å²) in [6.07, 6.45) is 0. The quantitative estimate of drug-likeness (QED) is 0.660. The average Bonchev–Trinajstić information content (AvgIpc) is 2.38. The number of para-hydroxylation sites is 1. The van der Waals surface area contributed by atoms with Gasteiger partial charge in [-0.05, 0) is 56.0 Å². The summed E-state index contributed by atoms with van der Waals surface area (Å²) in [5, 5.41) is 0. The normalized spacial score (nSPS) is 12.3. The van der Waals surface area contributed by atoms with Gasteiger partial charge in [0.05, 0.1) is 0 Å². The van der Waals surface area contributed by atoms with Crippen LogP contribution in [0.1, 0.15) is 47.1 Å². The van der Waals surface area contributed by atoms with Crippen molar-refractivity contribution in [3.05, 3.63) is 60.2 Å². The summed E-state index contributed by atoms with van der Waals surface area (Å²) < 4.78 is 0. The van der Waals surface area contributed by atoms with E-state index in [1.807, 2.05) is 0 Å². The fourth-order valence-corrected chi connectivity index (χ4v) is 2.61. The molecule has 0 fully saturated rings. The predicted octanol–water partition coefficient (Wildman–Crippen LogP) is 5.92. The Morgan fingerprint density at radius 3 is 1.52 bits per heavy atom. The van der Waals surface area contributed by atoms with Crippen LogP contribution in [0.2, 0.25) is 0 Å². The van der Waals surface area contributed by atoms with Crippen molar-refractivity contribution in [1.29, 1.82) is 0 Å². The Bertz CT molecular complexity index is 568. The monoisotopic (exact) mass is 281 g/mol. The van der Waals surface area contributed by atoms with Gasteiger partial charge < -0.3 is 4.90 Å². The summed E-state index contributed by atoms with van der Waals surface area (Å²) in [7, 11) is 0. The maximum absolute atomic E-state index is 2.39. The third-order valence-corrected chi connectivity index (χ3v) is 3.68. The van der Waals surface area contributed by atoms with E-state index in [1.54, 1.807) is 0 Å². The van der Waals surface area contributed by atoms with Gasteiger partial charge in [-0.15, -0.1) is 0 Å². The van der Waals surface area contributed by atoms with Crippen molar-refractivity contribution in [3.8, 4) is 0 Å². The summed E-state index contributed by atoms with van der Waals surface area (Å²) >= 11 is 0. The molecule has 0 aliphatic heterocycles. The first-order valence-corrected chi connectivity index (χ1v) is 7.65. The van der Waals surface area contributed by atoms with Crippen LogP contribution in [0.4, 0.5) is 11.4 Å². The highest BCUT2D eigenvalue weighted by Gasteiger charge is 2.23. The molecule has 0 aliphatic rings. The van der Waals surface area contributed by atoms with Crippen molar-refractivity contribution in [2.24, 2.45) is 0 Å². The van der Waals surface area contributed by atoms with Crippen LogP contribution < -0.4 is 4.90 Å². The molecular formula is C20H27N. The van der Waals surface area contributed by atoms with Crippen molar-refractivity contribution < 1.29 is 0 Å². The second kappa shape index (κ2) is 5.55. The molecule has 0 bridgehead atoms. The molecule has 0 heterocycles. The fourth-order valence-electron chi connectivity index (χ4n) is 2.61. The first-order chi connectivity index (χ1) is 9.69.